The average Bonchev–Trinajstić information content (AvgIpc) is 2.72. The Morgan fingerprint density at radius 1 is 1.46 bits per heavy atom. The Hall–Kier alpha value is -1.60. The molecule has 1 amide bonds. The molecule has 2 N–H and O–H groups in total. The van der Waals surface area contributed by atoms with Gasteiger partial charge in [-0.1, -0.05) is 24.3 Å². The lowest BCUT2D eigenvalue weighted by atomic mass is 10.1. The number of nitrogens with zero attached hydrogens (tertiary/aromatic N) is 2. The van der Waals surface area contributed by atoms with Crippen LogP contribution in [-0.4, -0.2) is 20.7 Å². The summed E-state index contributed by atoms with van der Waals surface area (Å²) in [7, 11) is 0. The maximum absolute atomic E-state index is 13.1. The van der Waals surface area contributed by atoms with Gasteiger partial charge in [-0.15, -0.1) is 17.9 Å². The summed E-state index contributed by atoms with van der Waals surface area (Å²) in [4.78, 5) is 31.3. The third kappa shape index (κ3) is 3.15. The minimum atomic E-state index is -0.441. The van der Waals surface area contributed by atoms with Gasteiger partial charge in [-0.3, -0.25) is 14.2 Å². The van der Waals surface area contributed by atoms with Crippen molar-refractivity contribution in [3.63, 3.8) is 0 Å². The zero-order valence-electron chi connectivity index (χ0n) is 13.7. The van der Waals surface area contributed by atoms with Crippen molar-refractivity contribution in [2.75, 3.05) is 0 Å². The summed E-state index contributed by atoms with van der Waals surface area (Å²) in [5, 5.41) is 0.855. The predicted octanol–water partition coefficient (Wildman–Crippen LogP) is 2.88. The second-order valence-corrected chi connectivity index (χ2v) is 8.40. The van der Waals surface area contributed by atoms with Gasteiger partial charge in [0.15, 0.2) is 5.16 Å². The van der Waals surface area contributed by atoms with Crippen molar-refractivity contribution in [2.45, 2.75) is 56.0 Å². The normalized spacial score (nSPS) is 15.7. The van der Waals surface area contributed by atoms with Crippen LogP contribution in [0.5, 0.6) is 0 Å². The summed E-state index contributed by atoms with van der Waals surface area (Å²) in [5.41, 5.74) is 6.52. The van der Waals surface area contributed by atoms with Crippen molar-refractivity contribution >= 4 is 39.2 Å². The molecule has 24 heavy (non-hydrogen) atoms. The van der Waals surface area contributed by atoms with Crippen LogP contribution >= 0.6 is 23.1 Å². The van der Waals surface area contributed by atoms with Gasteiger partial charge in [-0.25, -0.2) is 4.98 Å². The SMILES string of the molecule is C=CCn1c(SC(C)C(N)=O)nc2sc3c(c2c1=O)CCCCC3. The lowest BCUT2D eigenvalue weighted by molar-refractivity contribution is -0.117. The van der Waals surface area contributed by atoms with Gasteiger partial charge in [0.25, 0.3) is 5.56 Å². The molecule has 3 rings (SSSR count). The first-order valence-electron chi connectivity index (χ1n) is 8.15. The smallest absolute Gasteiger partial charge is 0.263 e. The molecule has 0 saturated heterocycles. The Morgan fingerprint density at radius 2 is 2.21 bits per heavy atom. The Labute approximate surface area is 149 Å². The number of primary amides is 1. The van der Waals surface area contributed by atoms with E-state index >= 15 is 0 Å². The molecular weight excluding hydrogens is 342 g/mol. The quantitative estimate of drug-likeness (QED) is 0.383. The van der Waals surface area contributed by atoms with E-state index in [1.54, 1.807) is 28.9 Å². The van der Waals surface area contributed by atoms with Crippen molar-refractivity contribution in [3.05, 3.63) is 33.4 Å². The number of hydrogen-bond acceptors (Lipinski definition) is 5. The summed E-state index contributed by atoms with van der Waals surface area (Å²) in [6.07, 6.45) is 7.15. The van der Waals surface area contributed by atoms with Gasteiger partial charge >= 0.3 is 0 Å². The van der Waals surface area contributed by atoms with Gasteiger partial charge < -0.3 is 5.73 Å². The predicted molar refractivity (Wildman–Crippen MR) is 99.8 cm³/mol. The van der Waals surface area contributed by atoms with E-state index in [0.717, 1.165) is 29.5 Å². The van der Waals surface area contributed by atoms with E-state index in [-0.39, 0.29) is 5.56 Å². The van der Waals surface area contributed by atoms with Crippen LogP contribution in [0.3, 0.4) is 0 Å². The number of thioether (sulfide) groups is 1. The van der Waals surface area contributed by atoms with Crippen molar-refractivity contribution < 1.29 is 4.79 Å². The molecule has 0 radical (unpaired) electrons. The molecule has 2 heterocycles. The fraction of sp³-hybridized carbons (Fsp3) is 0.471. The van der Waals surface area contributed by atoms with Crippen LogP contribution in [0.2, 0.25) is 0 Å². The van der Waals surface area contributed by atoms with Crippen LogP contribution in [0.1, 0.15) is 36.6 Å². The first kappa shape index (κ1) is 17.2. The average molecular weight is 364 g/mol. The van der Waals surface area contributed by atoms with Gasteiger partial charge in [0.1, 0.15) is 4.83 Å². The highest BCUT2D eigenvalue weighted by Crippen LogP contribution is 2.34. The summed E-state index contributed by atoms with van der Waals surface area (Å²) in [5.74, 6) is -0.415. The number of amides is 1. The molecule has 0 aliphatic heterocycles. The lowest BCUT2D eigenvalue weighted by Crippen LogP contribution is -2.27. The Balaban J connectivity index is 2.19. The van der Waals surface area contributed by atoms with Crippen molar-refractivity contribution in [1.29, 1.82) is 0 Å². The molecule has 0 fully saturated rings. The van der Waals surface area contributed by atoms with E-state index in [2.05, 4.69) is 6.58 Å². The van der Waals surface area contributed by atoms with Gasteiger partial charge in [0.05, 0.1) is 10.6 Å². The van der Waals surface area contributed by atoms with Crippen molar-refractivity contribution in [3.8, 4) is 0 Å². The van der Waals surface area contributed by atoms with E-state index in [9.17, 15) is 9.59 Å². The molecule has 2 aromatic heterocycles. The molecular formula is C17H21N3O2S2. The molecule has 0 saturated carbocycles. The first-order chi connectivity index (χ1) is 11.5. The third-order valence-electron chi connectivity index (χ3n) is 4.28. The molecule has 0 spiro atoms. The second kappa shape index (κ2) is 7.11. The minimum Gasteiger partial charge on any atom is -0.369 e. The van der Waals surface area contributed by atoms with Crippen LogP contribution in [0, 0.1) is 0 Å². The molecule has 1 unspecified atom stereocenters. The molecule has 7 heteroatoms. The molecule has 0 bridgehead atoms. The third-order valence-corrected chi connectivity index (χ3v) is 6.58. The van der Waals surface area contributed by atoms with E-state index in [0.29, 0.717) is 11.7 Å². The first-order valence-corrected chi connectivity index (χ1v) is 9.84. The summed E-state index contributed by atoms with van der Waals surface area (Å²) in [6, 6.07) is 0. The molecule has 1 aliphatic carbocycles. The van der Waals surface area contributed by atoms with Crippen LogP contribution in [0.15, 0.2) is 22.6 Å². The fourth-order valence-corrected chi connectivity index (χ4v) is 5.16. The van der Waals surface area contributed by atoms with Crippen LogP contribution in [0.4, 0.5) is 0 Å². The number of allylic oxidation sites excluding steroid dienone is 1. The van der Waals surface area contributed by atoms with Gasteiger partial charge in [-0.05, 0) is 38.2 Å². The molecule has 0 aromatic carbocycles. The molecule has 1 atom stereocenters. The zero-order valence-corrected chi connectivity index (χ0v) is 15.3. The summed E-state index contributed by atoms with van der Waals surface area (Å²) in [6.45, 7) is 5.84. The van der Waals surface area contributed by atoms with E-state index in [1.807, 2.05) is 0 Å². The molecule has 128 valence electrons. The zero-order chi connectivity index (χ0) is 17.3. The van der Waals surface area contributed by atoms with Crippen LogP contribution < -0.4 is 11.3 Å². The highest BCUT2D eigenvalue weighted by atomic mass is 32.2. The van der Waals surface area contributed by atoms with Crippen LogP contribution in [0.25, 0.3) is 10.2 Å². The number of carbonyl (C=O) groups excluding carboxylic acids is 1. The molecule has 5 nitrogen and oxygen atoms in total. The maximum Gasteiger partial charge on any atom is 0.263 e. The number of hydrogen-bond donors (Lipinski definition) is 1. The van der Waals surface area contributed by atoms with Gasteiger partial charge in [0.2, 0.25) is 5.91 Å². The highest BCUT2D eigenvalue weighted by Gasteiger charge is 2.22. The standard InChI is InChI=1S/C17H21N3O2S2/c1-3-9-20-16(22)13-11-7-5-4-6-8-12(11)24-15(13)19-17(20)23-10(2)14(18)21/h3,10H,1,4-9H2,2H3,(H2,18,21). The second-order valence-electron chi connectivity index (χ2n) is 6.01. The Bertz CT molecular complexity index is 854. The fourth-order valence-electron chi connectivity index (χ4n) is 2.99. The van der Waals surface area contributed by atoms with Crippen molar-refractivity contribution in [2.24, 2.45) is 5.73 Å². The number of nitrogens with two attached hydrogens (primary N) is 1. The molecule has 2 aromatic rings. The number of aryl methyl sites for hydroxylation is 2. The maximum atomic E-state index is 13.1. The van der Waals surface area contributed by atoms with E-state index in [4.69, 9.17) is 10.7 Å². The number of fused-ring (bicyclic) bond motifs is 3. The Kier molecular flexibility index (Phi) is 5.10. The van der Waals surface area contributed by atoms with Gasteiger partial charge in [0, 0.05) is 11.4 Å². The topological polar surface area (TPSA) is 78.0 Å². The number of carbonyl (C=O) groups is 1. The number of rotatable bonds is 5. The summed E-state index contributed by atoms with van der Waals surface area (Å²) < 4.78 is 1.61. The highest BCUT2D eigenvalue weighted by molar-refractivity contribution is 8.00. The lowest BCUT2D eigenvalue weighted by Gasteiger charge is -2.12. The monoisotopic (exact) mass is 363 g/mol. The Morgan fingerprint density at radius 3 is 2.92 bits per heavy atom. The minimum absolute atomic E-state index is 0.0292. The van der Waals surface area contributed by atoms with E-state index in [1.165, 1.54) is 35.0 Å². The van der Waals surface area contributed by atoms with Crippen molar-refractivity contribution in [1.82, 2.24) is 9.55 Å². The van der Waals surface area contributed by atoms with E-state index < -0.39 is 11.2 Å². The number of aromatic nitrogens is 2. The molecule has 1 aliphatic rings. The summed E-state index contributed by atoms with van der Waals surface area (Å²) >= 11 is 2.86. The largest absolute Gasteiger partial charge is 0.369 e. The van der Waals surface area contributed by atoms with Gasteiger partial charge in [-0.2, -0.15) is 0 Å². The number of thiophene rings is 1. The van der Waals surface area contributed by atoms with Crippen LogP contribution in [-0.2, 0) is 24.2 Å².